The van der Waals surface area contributed by atoms with Crippen LogP contribution in [0.25, 0.3) is 0 Å². The van der Waals surface area contributed by atoms with E-state index < -0.39 is 0 Å². The molecule has 4 nitrogen and oxygen atoms in total. The third-order valence-corrected chi connectivity index (χ3v) is 5.22. The summed E-state index contributed by atoms with van der Waals surface area (Å²) in [7, 11) is 0. The number of ether oxygens (including phenoxy) is 3. The van der Waals surface area contributed by atoms with Crippen LogP contribution in [0, 0.1) is 11.8 Å². The first kappa shape index (κ1) is 14.3. The molecule has 2 saturated heterocycles. The van der Waals surface area contributed by atoms with E-state index in [1.807, 2.05) is 0 Å². The summed E-state index contributed by atoms with van der Waals surface area (Å²) in [4.78, 5) is 12.0. The Kier molecular flexibility index (Phi) is 4.04. The van der Waals surface area contributed by atoms with Gasteiger partial charge in [-0.1, -0.05) is 7.43 Å². The van der Waals surface area contributed by atoms with Crippen molar-refractivity contribution in [3.8, 4) is 0 Å². The molecular weight excluding hydrogens is 256 g/mol. The van der Waals surface area contributed by atoms with Crippen LogP contribution < -0.4 is 0 Å². The molecule has 4 rings (SSSR count). The molecule has 20 heavy (non-hydrogen) atoms. The quantitative estimate of drug-likeness (QED) is 0.587. The van der Waals surface area contributed by atoms with Crippen molar-refractivity contribution < 1.29 is 19.0 Å². The number of carbonyl (C=O) groups is 1. The molecule has 0 aromatic carbocycles. The average molecular weight is 282 g/mol. The Morgan fingerprint density at radius 2 is 1.65 bits per heavy atom. The van der Waals surface area contributed by atoms with Crippen molar-refractivity contribution in [1.82, 2.24) is 0 Å². The molecule has 114 valence electrons. The SMILES string of the molecule is C.O=C(OCCC1CCC2OC2C1)C1CCC2OC2C1. The molecular formula is C16H26O4. The molecule has 0 bridgehead atoms. The lowest BCUT2D eigenvalue weighted by Gasteiger charge is -2.20. The highest BCUT2D eigenvalue weighted by atomic mass is 16.6. The first-order valence-corrected chi connectivity index (χ1v) is 7.77. The minimum Gasteiger partial charge on any atom is -0.465 e. The number of rotatable bonds is 4. The monoisotopic (exact) mass is 282 g/mol. The highest BCUT2D eigenvalue weighted by molar-refractivity contribution is 5.72. The zero-order valence-electron chi connectivity index (χ0n) is 11.3. The molecule has 6 unspecified atom stereocenters. The molecule has 4 heteroatoms. The van der Waals surface area contributed by atoms with Gasteiger partial charge in [0.15, 0.2) is 0 Å². The number of fused-ring (bicyclic) bond motifs is 2. The van der Waals surface area contributed by atoms with E-state index in [0.717, 1.165) is 25.7 Å². The summed E-state index contributed by atoms with van der Waals surface area (Å²) < 4.78 is 16.4. The fourth-order valence-corrected chi connectivity index (χ4v) is 3.81. The fraction of sp³-hybridized carbons (Fsp3) is 0.938. The summed E-state index contributed by atoms with van der Waals surface area (Å²) in [5.74, 6) is 0.788. The van der Waals surface area contributed by atoms with Gasteiger partial charge in [-0.15, -0.1) is 0 Å². The molecule has 0 aromatic heterocycles. The van der Waals surface area contributed by atoms with Gasteiger partial charge in [-0.2, -0.15) is 0 Å². The Morgan fingerprint density at radius 1 is 0.950 bits per heavy atom. The average Bonchev–Trinajstić information content (AvgIpc) is 3.31. The Hall–Kier alpha value is -0.610. The molecule has 0 spiro atoms. The first-order chi connectivity index (χ1) is 9.29. The van der Waals surface area contributed by atoms with Gasteiger partial charge >= 0.3 is 5.97 Å². The summed E-state index contributed by atoms with van der Waals surface area (Å²) in [5, 5.41) is 0. The van der Waals surface area contributed by atoms with Gasteiger partial charge in [0.2, 0.25) is 0 Å². The molecule has 6 atom stereocenters. The van der Waals surface area contributed by atoms with Crippen molar-refractivity contribution in [3.05, 3.63) is 0 Å². The van der Waals surface area contributed by atoms with Gasteiger partial charge in [0, 0.05) is 0 Å². The Morgan fingerprint density at radius 3 is 2.35 bits per heavy atom. The zero-order chi connectivity index (χ0) is 12.8. The summed E-state index contributed by atoms with van der Waals surface area (Å²) >= 11 is 0. The third-order valence-electron chi connectivity index (χ3n) is 5.22. The van der Waals surface area contributed by atoms with Crippen LogP contribution in [0.5, 0.6) is 0 Å². The van der Waals surface area contributed by atoms with Crippen molar-refractivity contribution in [2.45, 2.75) is 76.8 Å². The van der Waals surface area contributed by atoms with E-state index >= 15 is 0 Å². The van der Waals surface area contributed by atoms with Crippen molar-refractivity contribution >= 4 is 5.97 Å². The number of hydrogen-bond acceptors (Lipinski definition) is 4. The maximum atomic E-state index is 12.0. The van der Waals surface area contributed by atoms with Gasteiger partial charge in [-0.05, 0) is 50.9 Å². The van der Waals surface area contributed by atoms with E-state index in [4.69, 9.17) is 14.2 Å². The maximum Gasteiger partial charge on any atom is 0.309 e. The normalized spacial score (nSPS) is 44.6. The van der Waals surface area contributed by atoms with Crippen molar-refractivity contribution in [2.75, 3.05) is 6.61 Å². The van der Waals surface area contributed by atoms with Crippen LogP contribution in [0.4, 0.5) is 0 Å². The van der Waals surface area contributed by atoms with Crippen LogP contribution in [0.1, 0.15) is 52.4 Å². The van der Waals surface area contributed by atoms with Gasteiger partial charge in [0.25, 0.3) is 0 Å². The zero-order valence-corrected chi connectivity index (χ0v) is 11.3. The third kappa shape index (κ3) is 3.01. The largest absolute Gasteiger partial charge is 0.465 e. The number of epoxide rings is 2. The Bertz CT molecular complexity index is 369. The first-order valence-electron chi connectivity index (χ1n) is 7.77. The molecule has 2 saturated carbocycles. The van der Waals surface area contributed by atoms with E-state index in [1.54, 1.807) is 0 Å². The lowest BCUT2D eigenvalue weighted by atomic mass is 9.87. The molecule has 2 heterocycles. The fourth-order valence-electron chi connectivity index (χ4n) is 3.81. The van der Waals surface area contributed by atoms with Gasteiger partial charge in [-0.25, -0.2) is 0 Å². The second-order valence-electron chi connectivity index (χ2n) is 6.57. The minimum atomic E-state index is 0. The predicted molar refractivity (Wildman–Crippen MR) is 74.3 cm³/mol. The van der Waals surface area contributed by atoms with Gasteiger partial charge in [-0.3, -0.25) is 4.79 Å². The highest BCUT2D eigenvalue weighted by Crippen LogP contribution is 2.41. The van der Waals surface area contributed by atoms with Crippen LogP contribution in [-0.2, 0) is 19.0 Å². The molecule has 2 aliphatic heterocycles. The molecule has 0 amide bonds. The second-order valence-corrected chi connectivity index (χ2v) is 6.57. The van der Waals surface area contributed by atoms with Crippen LogP contribution in [0.15, 0.2) is 0 Å². The molecule has 2 aliphatic carbocycles. The van der Waals surface area contributed by atoms with Crippen LogP contribution in [0.3, 0.4) is 0 Å². The predicted octanol–water partition coefficient (Wildman–Crippen LogP) is 2.69. The topological polar surface area (TPSA) is 51.4 Å². The summed E-state index contributed by atoms with van der Waals surface area (Å²) in [5.41, 5.74) is 0. The number of esters is 1. The molecule has 0 N–H and O–H groups in total. The Balaban J connectivity index is 0.00000121. The summed E-state index contributed by atoms with van der Waals surface area (Å²) in [6.45, 7) is 0.590. The molecule has 0 radical (unpaired) electrons. The standard InChI is InChI=1S/C15H22O4.CH4/c16-15(10-2-4-12-14(8-10)19-12)17-6-5-9-1-3-11-13(7-9)18-11;/h9-14H,1-8H2;1H4. The van der Waals surface area contributed by atoms with E-state index in [2.05, 4.69) is 0 Å². The number of carbonyl (C=O) groups excluding carboxylic acids is 1. The van der Waals surface area contributed by atoms with Crippen molar-refractivity contribution in [1.29, 1.82) is 0 Å². The van der Waals surface area contributed by atoms with Crippen LogP contribution >= 0.6 is 0 Å². The summed E-state index contributed by atoms with van der Waals surface area (Å²) in [6.07, 6.45) is 9.37. The van der Waals surface area contributed by atoms with Gasteiger partial charge < -0.3 is 14.2 Å². The van der Waals surface area contributed by atoms with Crippen LogP contribution in [-0.4, -0.2) is 37.0 Å². The number of hydrogen-bond donors (Lipinski definition) is 0. The maximum absolute atomic E-state index is 12.0. The van der Waals surface area contributed by atoms with Gasteiger partial charge in [0.05, 0.1) is 36.9 Å². The molecule has 0 aromatic rings. The van der Waals surface area contributed by atoms with Crippen molar-refractivity contribution in [2.24, 2.45) is 11.8 Å². The minimum absolute atomic E-state index is 0. The highest BCUT2D eigenvalue weighted by Gasteiger charge is 2.46. The van der Waals surface area contributed by atoms with Gasteiger partial charge in [0.1, 0.15) is 0 Å². The lowest BCUT2D eigenvalue weighted by Crippen LogP contribution is -2.25. The molecule has 4 fully saturated rings. The van der Waals surface area contributed by atoms with E-state index in [1.165, 1.54) is 19.3 Å². The lowest BCUT2D eigenvalue weighted by molar-refractivity contribution is -0.149. The van der Waals surface area contributed by atoms with E-state index in [-0.39, 0.29) is 19.3 Å². The van der Waals surface area contributed by atoms with Crippen molar-refractivity contribution in [3.63, 3.8) is 0 Å². The second kappa shape index (κ2) is 5.64. The van der Waals surface area contributed by atoms with E-state index in [0.29, 0.717) is 36.9 Å². The van der Waals surface area contributed by atoms with Crippen LogP contribution in [0.2, 0.25) is 0 Å². The smallest absolute Gasteiger partial charge is 0.309 e. The summed E-state index contributed by atoms with van der Waals surface area (Å²) in [6, 6.07) is 0. The Labute approximate surface area is 121 Å². The molecule has 4 aliphatic rings. The van der Waals surface area contributed by atoms with E-state index in [9.17, 15) is 4.79 Å².